The zero-order chi connectivity index (χ0) is 19.7. The number of primary amides is 1. The molecule has 1 aromatic carbocycles. The number of carbonyl (C=O) groups is 1. The normalized spacial score (nSPS) is 16.9. The van der Waals surface area contributed by atoms with Crippen molar-refractivity contribution in [3.05, 3.63) is 40.0 Å². The summed E-state index contributed by atoms with van der Waals surface area (Å²) in [6, 6.07) is 5.45. The summed E-state index contributed by atoms with van der Waals surface area (Å²) in [5.74, 6) is 0.794. The van der Waals surface area contributed by atoms with Gasteiger partial charge in [-0.2, -0.15) is 0 Å². The molecule has 4 rings (SSSR count). The van der Waals surface area contributed by atoms with Gasteiger partial charge in [-0.3, -0.25) is 4.79 Å². The van der Waals surface area contributed by atoms with E-state index in [1.54, 1.807) is 12.1 Å². The van der Waals surface area contributed by atoms with E-state index in [0.717, 1.165) is 42.6 Å². The van der Waals surface area contributed by atoms with Crippen molar-refractivity contribution in [2.75, 3.05) is 18.4 Å². The molecule has 9 heteroatoms. The number of piperidine rings is 1. The van der Waals surface area contributed by atoms with E-state index < -0.39 is 5.91 Å². The van der Waals surface area contributed by atoms with Gasteiger partial charge in [0, 0.05) is 17.6 Å². The van der Waals surface area contributed by atoms with Crippen LogP contribution in [0.2, 0.25) is 5.02 Å². The summed E-state index contributed by atoms with van der Waals surface area (Å²) in [5.41, 5.74) is 7.01. The number of anilines is 2. The number of thiophene rings is 1. The molecular weight excluding hydrogens is 398 g/mol. The third-order valence-corrected chi connectivity index (χ3v) is 6.14. The molecule has 7 nitrogen and oxygen atoms in total. The molecule has 28 heavy (non-hydrogen) atoms. The minimum atomic E-state index is -0.466. The van der Waals surface area contributed by atoms with Crippen LogP contribution < -0.4 is 21.1 Å². The number of rotatable bonds is 5. The highest BCUT2D eigenvalue weighted by molar-refractivity contribution is 7.20. The second-order valence-corrected chi connectivity index (χ2v) is 8.11. The fourth-order valence-electron chi connectivity index (χ4n) is 3.33. The van der Waals surface area contributed by atoms with Gasteiger partial charge in [-0.15, -0.1) is 11.3 Å². The molecule has 3 heterocycles. The lowest BCUT2D eigenvalue weighted by Gasteiger charge is -2.25. The van der Waals surface area contributed by atoms with E-state index in [1.807, 2.05) is 13.0 Å². The first-order valence-corrected chi connectivity index (χ1v) is 10.2. The van der Waals surface area contributed by atoms with Crippen LogP contribution in [0.5, 0.6) is 5.75 Å². The Kier molecular flexibility index (Phi) is 5.34. The molecule has 0 aliphatic carbocycles. The molecule has 0 spiro atoms. The number of hydrogen-bond acceptors (Lipinski definition) is 7. The average Bonchev–Trinajstić information content (AvgIpc) is 3.03. The third-order valence-electron chi connectivity index (χ3n) is 4.69. The van der Waals surface area contributed by atoms with Gasteiger partial charge in [-0.05, 0) is 44.0 Å². The van der Waals surface area contributed by atoms with Crippen molar-refractivity contribution >= 4 is 50.6 Å². The van der Waals surface area contributed by atoms with Crippen LogP contribution in [0, 0.1) is 6.92 Å². The van der Waals surface area contributed by atoms with Crippen molar-refractivity contribution in [3.63, 3.8) is 0 Å². The molecule has 1 atom stereocenters. The number of aromatic nitrogens is 2. The van der Waals surface area contributed by atoms with Gasteiger partial charge in [-0.25, -0.2) is 9.97 Å². The minimum Gasteiger partial charge on any atom is -0.487 e. The van der Waals surface area contributed by atoms with Gasteiger partial charge in [0.25, 0.3) is 5.91 Å². The molecule has 1 saturated heterocycles. The Labute approximate surface area is 171 Å². The summed E-state index contributed by atoms with van der Waals surface area (Å²) < 4.78 is 6.20. The maximum Gasteiger partial charge on any atom is 0.259 e. The van der Waals surface area contributed by atoms with E-state index in [0.29, 0.717) is 26.3 Å². The van der Waals surface area contributed by atoms with E-state index >= 15 is 0 Å². The highest BCUT2D eigenvalue weighted by Crippen LogP contribution is 2.37. The quantitative estimate of drug-likeness (QED) is 0.585. The fraction of sp³-hybridized carbons (Fsp3) is 0.316. The number of carbonyl (C=O) groups excluding carboxylic acids is 1. The Balaban J connectivity index is 1.70. The number of nitrogens with zero attached hydrogens (tertiary/aromatic N) is 2. The third kappa shape index (κ3) is 3.76. The largest absolute Gasteiger partial charge is 0.487 e. The van der Waals surface area contributed by atoms with Crippen LogP contribution in [0.25, 0.3) is 10.2 Å². The molecule has 2 aromatic heterocycles. The molecule has 0 bridgehead atoms. The van der Waals surface area contributed by atoms with E-state index in [2.05, 4.69) is 20.6 Å². The predicted molar refractivity (Wildman–Crippen MR) is 112 cm³/mol. The molecule has 0 saturated carbocycles. The number of aryl methyl sites for hydroxylation is 1. The Morgan fingerprint density at radius 1 is 1.43 bits per heavy atom. The Hall–Kier alpha value is -2.42. The molecule has 1 amide bonds. The number of benzene rings is 1. The maximum absolute atomic E-state index is 11.7. The van der Waals surface area contributed by atoms with E-state index in [9.17, 15) is 4.79 Å². The lowest BCUT2D eigenvalue weighted by atomic mass is 10.1. The minimum absolute atomic E-state index is 0.0857. The average molecular weight is 418 g/mol. The summed E-state index contributed by atoms with van der Waals surface area (Å²) >= 11 is 7.46. The van der Waals surface area contributed by atoms with Gasteiger partial charge in [0.05, 0.1) is 16.0 Å². The van der Waals surface area contributed by atoms with Gasteiger partial charge in [0.2, 0.25) is 0 Å². The zero-order valence-corrected chi connectivity index (χ0v) is 16.9. The number of fused-ring (bicyclic) bond motifs is 1. The summed E-state index contributed by atoms with van der Waals surface area (Å²) in [6.07, 6.45) is 3.61. The smallest absolute Gasteiger partial charge is 0.259 e. The van der Waals surface area contributed by atoms with Crippen LogP contribution in [0.15, 0.2) is 24.5 Å². The molecule has 4 N–H and O–H groups in total. The van der Waals surface area contributed by atoms with Gasteiger partial charge in [0.1, 0.15) is 28.8 Å². The number of amides is 1. The van der Waals surface area contributed by atoms with Gasteiger partial charge < -0.3 is 21.1 Å². The SMILES string of the molecule is Cc1c(C(N)=O)sc2ncnc(Nc3ccc(Cl)cc3O[C@H]3CCCNC3)c12. The second-order valence-electron chi connectivity index (χ2n) is 6.67. The van der Waals surface area contributed by atoms with Crippen LogP contribution in [-0.2, 0) is 0 Å². The topological polar surface area (TPSA) is 102 Å². The van der Waals surface area contributed by atoms with Crippen LogP contribution in [-0.4, -0.2) is 35.1 Å². The standard InChI is InChI=1S/C19H20ClN5O2S/c1-10-15-18(23-9-24-19(15)28-16(10)17(21)26)25-13-5-4-11(20)7-14(13)27-12-3-2-6-22-8-12/h4-5,7,9,12,22H,2-3,6,8H2,1H3,(H2,21,26)(H,23,24,25)/t12-/m0/s1. The first-order chi connectivity index (χ1) is 13.5. The second kappa shape index (κ2) is 7.90. The molecular formula is C19H20ClN5O2S. The highest BCUT2D eigenvalue weighted by atomic mass is 35.5. The molecule has 1 aliphatic rings. The fourth-order valence-corrected chi connectivity index (χ4v) is 4.49. The molecule has 3 aromatic rings. The van der Waals surface area contributed by atoms with Gasteiger partial charge >= 0.3 is 0 Å². The first kappa shape index (κ1) is 18.9. The van der Waals surface area contributed by atoms with Crippen LogP contribution >= 0.6 is 22.9 Å². The summed E-state index contributed by atoms with van der Waals surface area (Å²) in [4.78, 5) is 21.5. The molecule has 1 aliphatic heterocycles. The van der Waals surface area contributed by atoms with Crippen molar-refractivity contribution in [3.8, 4) is 5.75 Å². The van der Waals surface area contributed by atoms with Crippen molar-refractivity contribution in [1.82, 2.24) is 15.3 Å². The van der Waals surface area contributed by atoms with E-state index in [1.165, 1.54) is 17.7 Å². The van der Waals surface area contributed by atoms with Gasteiger partial charge in [-0.1, -0.05) is 11.6 Å². The van der Waals surface area contributed by atoms with E-state index in [4.69, 9.17) is 22.1 Å². The number of hydrogen-bond donors (Lipinski definition) is 3. The highest BCUT2D eigenvalue weighted by Gasteiger charge is 2.20. The van der Waals surface area contributed by atoms with E-state index in [-0.39, 0.29) is 6.10 Å². The summed E-state index contributed by atoms with van der Waals surface area (Å²) in [7, 11) is 0. The zero-order valence-electron chi connectivity index (χ0n) is 15.3. The van der Waals surface area contributed by atoms with Crippen molar-refractivity contribution in [1.29, 1.82) is 0 Å². The lowest BCUT2D eigenvalue weighted by molar-refractivity contribution is 0.100. The Morgan fingerprint density at radius 3 is 3.04 bits per heavy atom. The summed E-state index contributed by atoms with van der Waals surface area (Å²) in [6.45, 7) is 3.66. The number of nitrogens with two attached hydrogens (primary N) is 1. The Morgan fingerprint density at radius 2 is 2.29 bits per heavy atom. The molecule has 146 valence electrons. The molecule has 0 unspecified atom stereocenters. The molecule has 0 radical (unpaired) electrons. The number of ether oxygens (including phenoxy) is 1. The first-order valence-electron chi connectivity index (χ1n) is 9.01. The molecule has 1 fully saturated rings. The maximum atomic E-state index is 11.7. The van der Waals surface area contributed by atoms with Crippen molar-refractivity contribution in [2.45, 2.75) is 25.9 Å². The van der Waals surface area contributed by atoms with Gasteiger partial charge in [0.15, 0.2) is 0 Å². The predicted octanol–water partition coefficient (Wildman–Crippen LogP) is 3.63. The van der Waals surface area contributed by atoms with Crippen molar-refractivity contribution < 1.29 is 9.53 Å². The number of nitrogens with one attached hydrogen (secondary N) is 2. The Bertz CT molecular complexity index is 1030. The van der Waals surface area contributed by atoms with Crippen molar-refractivity contribution in [2.24, 2.45) is 5.73 Å². The monoisotopic (exact) mass is 417 g/mol. The summed E-state index contributed by atoms with van der Waals surface area (Å²) in [5, 5.41) is 8.04. The lowest BCUT2D eigenvalue weighted by Crippen LogP contribution is -2.37. The van der Waals surface area contributed by atoms with Crippen LogP contribution in [0.4, 0.5) is 11.5 Å². The van der Waals surface area contributed by atoms with Crippen LogP contribution in [0.3, 0.4) is 0 Å². The van der Waals surface area contributed by atoms with Crippen LogP contribution in [0.1, 0.15) is 28.1 Å². The number of halogens is 1.